The van der Waals surface area contributed by atoms with Crippen molar-refractivity contribution in [2.24, 2.45) is 0 Å². The van der Waals surface area contributed by atoms with Crippen molar-refractivity contribution in [3.05, 3.63) is 23.9 Å². The molecule has 0 radical (unpaired) electrons. The van der Waals surface area contributed by atoms with E-state index in [2.05, 4.69) is 20.3 Å². The molecule has 3 N–H and O–H groups in total. The zero-order valence-corrected chi connectivity index (χ0v) is 9.97. The van der Waals surface area contributed by atoms with Crippen molar-refractivity contribution in [1.82, 2.24) is 15.4 Å². The number of fused-ring (bicyclic) bond motifs is 4. The smallest absolute Gasteiger partial charge is 0.133 e. The maximum absolute atomic E-state index is 6.12. The van der Waals surface area contributed by atoms with E-state index in [0.29, 0.717) is 13.2 Å². The molecule has 0 atom stereocenters. The second kappa shape index (κ2) is 3.02. The number of likely N-dealkylation sites (N-methyl/N-ethyl adjacent to an activating group) is 1. The lowest BCUT2D eigenvalue weighted by molar-refractivity contribution is -0.0615. The van der Waals surface area contributed by atoms with Crippen LogP contribution in [0.15, 0.2) is 18.2 Å². The van der Waals surface area contributed by atoms with Gasteiger partial charge in [-0.1, -0.05) is 12.1 Å². The molecule has 4 rings (SSSR count). The summed E-state index contributed by atoms with van der Waals surface area (Å²) in [5.74, 6) is 0. The van der Waals surface area contributed by atoms with Gasteiger partial charge in [0, 0.05) is 12.6 Å². The van der Waals surface area contributed by atoms with E-state index in [1.807, 2.05) is 25.2 Å². The summed E-state index contributed by atoms with van der Waals surface area (Å²) in [4.78, 5) is 2.17. The van der Waals surface area contributed by atoms with Gasteiger partial charge >= 0.3 is 0 Å². The standard InChI is InChI=1S/C12H13N5O/c1-17-10-7(3-2-4-8(10)13)9-11(15-16-14-9)12(17)5-18-6-12/h2-4H,5-6,13H2,1H3,(H,14,15,16). The highest BCUT2D eigenvalue weighted by molar-refractivity contribution is 5.90. The van der Waals surface area contributed by atoms with Crippen LogP contribution in [-0.4, -0.2) is 35.7 Å². The number of ether oxygens (including phenoxy) is 1. The molecule has 0 unspecified atom stereocenters. The quantitative estimate of drug-likeness (QED) is 0.667. The molecule has 2 aliphatic rings. The highest BCUT2D eigenvalue weighted by atomic mass is 16.5. The minimum Gasteiger partial charge on any atom is -0.397 e. The maximum Gasteiger partial charge on any atom is 0.133 e. The summed E-state index contributed by atoms with van der Waals surface area (Å²) in [7, 11) is 2.04. The van der Waals surface area contributed by atoms with E-state index in [1.54, 1.807) is 0 Å². The van der Waals surface area contributed by atoms with E-state index in [-0.39, 0.29) is 5.54 Å². The zero-order valence-electron chi connectivity index (χ0n) is 9.97. The third-order valence-corrected chi connectivity index (χ3v) is 3.97. The Balaban J connectivity index is 2.06. The van der Waals surface area contributed by atoms with Crippen molar-refractivity contribution < 1.29 is 4.74 Å². The third-order valence-electron chi connectivity index (χ3n) is 3.97. The van der Waals surface area contributed by atoms with Crippen LogP contribution in [0.25, 0.3) is 11.3 Å². The van der Waals surface area contributed by atoms with Gasteiger partial charge in [0.1, 0.15) is 16.9 Å². The van der Waals surface area contributed by atoms with Gasteiger partial charge in [0.25, 0.3) is 0 Å². The number of nitrogens with two attached hydrogens (primary N) is 1. The van der Waals surface area contributed by atoms with Crippen LogP contribution in [0.1, 0.15) is 5.69 Å². The van der Waals surface area contributed by atoms with Crippen LogP contribution in [0, 0.1) is 0 Å². The number of hydrogen-bond donors (Lipinski definition) is 2. The molecule has 1 aromatic carbocycles. The molecule has 6 nitrogen and oxygen atoms in total. The average Bonchev–Trinajstić information content (AvgIpc) is 2.76. The number of nitrogens with one attached hydrogen (secondary N) is 1. The Morgan fingerprint density at radius 1 is 1.39 bits per heavy atom. The van der Waals surface area contributed by atoms with Crippen LogP contribution in [0.3, 0.4) is 0 Å². The van der Waals surface area contributed by atoms with Crippen LogP contribution in [0.2, 0.25) is 0 Å². The summed E-state index contributed by atoms with van der Waals surface area (Å²) < 4.78 is 5.40. The lowest BCUT2D eigenvalue weighted by Crippen LogP contribution is -2.60. The number of hydrogen-bond acceptors (Lipinski definition) is 5. The summed E-state index contributed by atoms with van der Waals surface area (Å²) in [6.45, 7) is 1.24. The van der Waals surface area contributed by atoms with Crippen molar-refractivity contribution >= 4 is 11.4 Å². The molecule has 0 bridgehead atoms. The molecule has 0 amide bonds. The Morgan fingerprint density at radius 2 is 2.22 bits per heavy atom. The Bertz CT molecular complexity index is 631. The monoisotopic (exact) mass is 243 g/mol. The number of nitrogen functional groups attached to an aromatic ring is 1. The van der Waals surface area contributed by atoms with Crippen molar-refractivity contribution in [3.63, 3.8) is 0 Å². The largest absolute Gasteiger partial charge is 0.397 e. The van der Waals surface area contributed by atoms with Gasteiger partial charge in [0.2, 0.25) is 0 Å². The Hall–Kier alpha value is -2.08. The van der Waals surface area contributed by atoms with E-state index < -0.39 is 0 Å². The number of nitrogens with zero attached hydrogens (tertiary/aromatic N) is 3. The van der Waals surface area contributed by atoms with Crippen LogP contribution >= 0.6 is 0 Å². The minimum absolute atomic E-state index is 0.217. The molecule has 6 heteroatoms. The molecule has 0 saturated carbocycles. The lowest BCUT2D eigenvalue weighted by Gasteiger charge is -2.50. The minimum atomic E-state index is -0.217. The van der Waals surface area contributed by atoms with E-state index >= 15 is 0 Å². The van der Waals surface area contributed by atoms with Gasteiger partial charge in [0.05, 0.1) is 24.6 Å². The summed E-state index contributed by atoms with van der Waals surface area (Å²) in [6.07, 6.45) is 0. The summed E-state index contributed by atoms with van der Waals surface area (Å²) in [5.41, 5.74) is 10.5. The number of H-pyrrole nitrogens is 1. The molecule has 3 heterocycles. The molecular weight excluding hydrogens is 230 g/mol. The Labute approximate surface area is 104 Å². The predicted molar refractivity (Wildman–Crippen MR) is 67.1 cm³/mol. The predicted octanol–water partition coefficient (Wildman–Crippen LogP) is 0.729. The third kappa shape index (κ3) is 0.932. The SMILES string of the molecule is CN1c2c(N)cccc2-c2n[nH]nc2C12COC2. The molecule has 2 aliphatic heterocycles. The number of aromatic amines is 1. The molecule has 18 heavy (non-hydrogen) atoms. The highest BCUT2D eigenvalue weighted by Gasteiger charge is 2.52. The number of aromatic nitrogens is 3. The summed E-state index contributed by atoms with van der Waals surface area (Å²) in [5, 5.41) is 11.3. The fraction of sp³-hybridized carbons (Fsp3) is 0.333. The van der Waals surface area contributed by atoms with Gasteiger partial charge in [-0.15, -0.1) is 0 Å². The first kappa shape index (κ1) is 9.90. The van der Waals surface area contributed by atoms with Gasteiger partial charge in [-0.2, -0.15) is 15.4 Å². The van der Waals surface area contributed by atoms with E-state index in [1.165, 1.54) is 0 Å². The van der Waals surface area contributed by atoms with E-state index in [9.17, 15) is 0 Å². The zero-order chi connectivity index (χ0) is 12.3. The van der Waals surface area contributed by atoms with Crippen LogP contribution in [-0.2, 0) is 10.3 Å². The van der Waals surface area contributed by atoms with Crippen LogP contribution in [0.4, 0.5) is 11.4 Å². The normalized spacial score (nSPS) is 19.3. The van der Waals surface area contributed by atoms with Gasteiger partial charge in [-0.05, 0) is 6.07 Å². The number of para-hydroxylation sites is 1. The first-order chi connectivity index (χ1) is 8.74. The van der Waals surface area contributed by atoms with E-state index in [0.717, 1.165) is 28.3 Å². The van der Waals surface area contributed by atoms with Crippen molar-refractivity contribution in [1.29, 1.82) is 0 Å². The number of anilines is 2. The molecule has 2 aromatic rings. The Morgan fingerprint density at radius 3 is 2.94 bits per heavy atom. The topological polar surface area (TPSA) is 80.1 Å². The van der Waals surface area contributed by atoms with Gasteiger partial charge in [-0.25, -0.2) is 0 Å². The van der Waals surface area contributed by atoms with Crippen LogP contribution in [0.5, 0.6) is 0 Å². The molecule has 1 fully saturated rings. The molecular formula is C12H13N5O. The first-order valence-corrected chi connectivity index (χ1v) is 5.86. The average molecular weight is 243 g/mol. The number of rotatable bonds is 0. The maximum atomic E-state index is 6.12. The van der Waals surface area contributed by atoms with Crippen molar-refractivity contribution in [2.75, 3.05) is 30.9 Å². The van der Waals surface area contributed by atoms with Gasteiger partial charge < -0.3 is 15.4 Å². The Kier molecular flexibility index (Phi) is 1.66. The fourth-order valence-electron chi connectivity index (χ4n) is 2.87. The number of benzene rings is 1. The van der Waals surface area contributed by atoms with Crippen molar-refractivity contribution in [3.8, 4) is 11.3 Å². The molecule has 1 aromatic heterocycles. The lowest BCUT2D eigenvalue weighted by atomic mass is 9.83. The van der Waals surface area contributed by atoms with Gasteiger partial charge in [-0.3, -0.25) is 0 Å². The molecule has 1 spiro atoms. The van der Waals surface area contributed by atoms with Gasteiger partial charge in [0.15, 0.2) is 0 Å². The summed E-state index contributed by atoms with van der Waals surface area (Å²) in [6, 6.07) is 5.87. The van der Waals surface area contributed by atoms with Crippen LogP contribution < -0.4 is 10.6 Å². The first-order valence-electron chi connectivity index (χ1n) is 5.86. The van der Waals surface area contributed by atoms with E-state index in [4.69, 9.17) is 10.5 Å². The fourth-order valence-corrected chi connectivity index (χ4v) is 2.87. The molecule has 1 saturated heterocycles. The highest BCUT2D eigenvalue weighted by Crippen LogP contribution is 2.50. The second-order valence-electron chi connectivity index (χ2n) is 4.85. The molecule has 0 aliphatic carbocycles. The summed E-state index contributed by atoms with van der Waals surface area (Å²) >= 11 is 0. The molecule has 92 valence electrons. The van der Waals surface area contributed by atoms with Crippen molar-refractivity contribution in [2.45, 2.75) is 5.54 Å². The second-order valence-corrected chi connectivity index (χ2v) is 4.85.